The number of aromatic hydroxyl groups is 1. The Hall–Kier alpha value is -4.51. The first-order valence-corrected chi connectivity index (χ1v) is 12.2. The molecule has 7 nitrogen and oxygen atoms in total. The fourth-order valence-corrected chi connectivity index (χ4v) is 4.74. The van der Waals surface area contributed by atoms with E-state index < -0.39 is 17.6 Å². The van der Waals surface area contributed by atoms with Gasteiger partial charge in [-0.2, -0.15) is 5.26 Å². The summed E-state index contributed by atoms with van der Waals surface area (Å²) in [5.74, 6) is -0.337. The fourth-order valence-electron chi connectivity index (χ4n) is 4.74. The minimum atomic E-state index is -0.526. The molecule has 0 aliphatic carbocycles. The van der Waals surface area contributed by atoms with E-state index in [1.54, 1.807) is 19.2 Å². The maximum Gasteiger partial charge on any atom is 0.234 e. The molecule has 2 N–H and O–H groups in total. The number of aromatic amines is 1. The van der Waals surface area contributed by atoms with Crippen LogP contribution in [0.5, 0.6) is 11.5 Å². The van der Waals surface area contributed by atoms with E-state index in [2.05, 4.69) is 31.3 Å². The molecule has 3 aromatic rings. The molecular weight excluding hydrogens is 483 g/mol. The van der Waals surface area contributed by atoms with Gasteiger partial charge in [-0.25, -0.2) is 4.39 Å². The number of halogens is 1. The van der Waals surface area contributed by atoms with Gasteiger partial charge in [0.05, 0.1) is 19.7 Å². The molecule has 1 aliphatic heterocycles. The minimum absolute atomic E-state index is 0.000130. The van der Waals surface area contributed by atoms with Crippen LogP contribution < -0.4 is 4.74 Å². The standard InChI is InChI=1S/C28H29FN4O3.C2H4/c1-18-17-32(10-8-20-4-5-22(34)12-26(20)29)19(2)28(13-23(35)15-30)33(18)11-9-21-16-31-27-7-6-24(36-3)14-25(21)27;1-2/h4-7,12,14,16,28,31,34H,1-2,8-11,13,17H2,3H3;1-2H2. The lowest BCUT2D eigenvalue weighted by molar-refractivity contribution is -0.115. The molecule has 0 bridgehead atoms. The Morgan fingerprint density at radius 2 is 1.92 bits per heavy atom. The lowest BCUT2D eigenvalue weighted by Crippen LogP contribution is -2.51. The number of nitriles is 1. The van der Waals surface area contributed by atoms with Crippen molar-refractivity contribution in [3.63, 3.8) is 0 Å². The number of fused-ring (bicyclic) bond motifs is 1. The van der Waals surface area contributed by atoms with Gasteiger partial charge in [0.2, 0.25) is 5.78 Å². The maximum atomic E-state index is 14.2. The monoisotopic (exact) mass is 516 g/mol. The van der Waals surface area contributed by atoms with E-state index in [0.29, 0.717) is 43.7 Å². The number of hydrogen-bond donors (Lipinski definition) is 2. The van der Waals surface area contributed by atoms with Gasteiger partial charge in [-0.3, -0.25) is 4.79 Å². The van der Waals surface area contributed by atoms with Crippen molar-refractivity contribution in [1.82, 2.24) is 14.8 Å². The van der Waals surface area contributed by atoms with E-state index in [4.69, 9.17) is 10.00 Å². The second-order valence-corrected chi connectivity index (χ2v) is 8.93. The van der Waals surface area contributed by atoms with Crippen LogP contribution in [0.1, 0.15) is 17.5 Å². The highest BCUT2D eigenvalue weighted by molar-refractivity contribution is 5.94. The zero-order chi connectivity index (χ0) is 27.8. The number of methoxy groups -OCH3 is 1. The average Bonchev–Trinajstić information content (AvgIpc) is 3.33. The van der Waals surface area contributed by atoms with Gasteiger partial charge in [-0.1, -0.05) is 19.2 Å². The quantitative estimate of drug-likeness (QED) is 0.304. The third-order valence-electron chi connectivity index (χ3n) is 6.73. The van der Waals surface area contributed by atoms with Crippen molar-refractivity contribution < 1.29 is 19.0 Å². The van der Waals surface area contributed by atoms with Gasteiger partial charge in [0.25, 0.3) is 0 Å². The molecule has 0 saturated carbocycles. The highest BCUT2D eigenvalue weighted by atomic mass is 19.1. The number of nitrogens with one attached hydrogen (secondary N) is 1. The second kappa shape index (κ2) is 12.6. The minimum Gasteiger partial charge on any atom is -0.508 e. The van der Waals surface area contributed by atoms with Crippen LogP contribution in [0.2, 0.25) is 0 Å². The highest BCUT2D eigenvalue weighted by Crippen LogP contribution is 2.30. The van der Waals surface area contributed by atoms with Crippen LogP contribution >= 0.6 is 0 Å². The summed E-state index contributed by atoms with van der Waals surface area (Å²) in [4.78, 5) is 19.5. The number of H-pyrrole nitrogens is 1. The van der Waals surface area contributed by atoms with Crippen molar-refractivity contribution in [1.29, 1.82) is 5.26 Å². The van der Waals surface area contributed by atoms with Crippen LogP contribution in [0.4, 0.5) is 4.39 Å². The number of aromatic nitrogens is 1. The predicted octanol–water partition coefficient (Wildman–Crippen LogP) is 5.10. The normalized spacial score (nSPS) is 15.1. The molecule has 1 saturated heterocycles. The van der Waals surface area contributed by atoms with Crippen molar-refractivity contribution >= 4 is 16.7 Å². The Morgan fingerprint density at radius 3 is 2.61 bits per heavy atom. The van der Waals surface area contributed by atoms with Crippen LogP contribution in [0, 0.1) is 17.1 Å². The molecule has 1 atom stereocenters. The van der Waals surface area contributed by atoms with Crippen molar-refractivity contribution in [3.05, 3.63) is 97.2 Å². The molecule has 38 heavy (non-hydrogen) atoms. The maximum absolute atomic E-state index is 14.2. The third kappa shape index (κ3) is 6.24. The Kier molecular flexibility index (Phi) is 9.33. The molecule has 0 radical (unpaired) electrons. The summed E-state index contributed by atoms with van der Waals surface area (Å²) in [6, 6.07) is 11.3. The molecule has 1 aliphatic rings. The molecule has 1 fully saturated rings. The Balaban J connectivity index is 0.00000195. The van der Waals surface area contributed by atoms with E-state index in [9.17, 15) is 14.3 Å². The molecule has 4 rings (SSSR count). The van der Waals surface area contributed by atoms with Gasteiger partial charge in [0, 0.05) is 54.1 Å². The molecule has 2 heterocycles. The van der Waals surface area contributed by atoms with Crippen LogP contribution in [0.25, 0.3) is 10.9 Å². The van der Waals surface area contributed by atoms with Crippen LogP contribution in [0.15, 0.2) is 80.3 Å². The first kappa shape index (κ1) is 28.1. The highest BCUT2D eigenvalue weighted by Gasteiger charge is 2.33. The fraction of sp³-hybridized carbons (Fsp3) is 0.267. The van der Waals surface area contributed by atoms with Crippen LogP contribution in [-0.2, 0) is 17.6 Å². The summed E-state index contributed by atoms with van der Waals surface area (Å²) in [5, 5.41) is 19.7. The summed E-state index contributed by atoms with van der Waals surface area (Å²) >= 11 is 0. The van der Waals surface area contributed by atoms with E-state index in [-0.39, 0.29) is 12.2 Å². The summed E-state index contributed by atoms with van der Waals surface area (Å²) in [7, 11) is 1.63. The van der Waals surface area contributed by atoms with Gasteiger partial charge in [0.1, 0.15) is 23.4 Å². The SMILES string of the molecule is C=C.C=C1C(CC(=O)C#N)N(CCc2c[nH]c3ccc(OC)cc23)C(=C)CN1CCc1ccc(O)cc1F. The zero-order valence-electron chi connectivity index (χ0n) is 21.7. The lowest BCUT2D eigenvalue weighted by atomic mass is 9.99. The summed E-state index contributed by atoms with van der Waals surface area (Å²) in [5.41, 5.74) is 4.11. The Bertz CT molecular complexity index is 1370. The summed E-state index contributed by atoms with van der Waals surface area (Å²) in [6.07, 6.45) is 3.06. The number of rotatable bonds is 9. The second-order valence-electron chi connectivity index (χ2n) is 8.93. The van der Waals surface area contributed by atoms with Gasteiger partial charge in [0.15, 0.2) is 0 Å². The first-order chi connectivity index (χ1) is 18.3. The van der Waals surface area contributed by atoms with Crippen LogP contribution in [0.3, 0.4) is 0 Å². The zero-order valence-corrected chi connectivity index (χ0v) is 21.7. The van der Waals surface area contributed by atoms with Gasteiger partial charge in [-0.15, -0.1) is 13.2 Å². The predicted molar refractivity (Wildman–Crippen MR) is 147 cm³/mol. The number of ether oxygens (including phenoxy) is 1. The first-order valence-electron chi connectivity index (χ1n) is 12.2. The molecule has 1 unspecified atom stereocenters. The van der Waals surface area contributed by atoms with Crippen molar-refractivity contribution in [2.45, 2.75) is 25.3 Å². The van der Waals surface area contributed by atoms with E-state index in [0.717, 1.165) is 34.0 Å². The number of phenolic OH excluding ortho intramolecular Hbond substituents is 1. The molecule has 0 spiro atoms. The van der Waals surface area contributed by atoms with Crippen LogP contribution in [-0.4, -0.2) is 58.5 Å². The number of benzene rings is 2. The summed E-state index contributed by atoms with van der Waals surface area (Å²) in [6.45, 7) is 16.0. The van der Waals surface area contributed by atoms with Gasteiger partial charge in [-0.05, 0) is 48.2 Å². The Morgan fingerprint density at radius 1 is 1.18 bits per heavy atom. The lowest BCUT2D eigenvalue weighted by Gasteiger charge is -2.46. The van der Waals surface area contributed by atoms with E-state index in [1.165, 1.54) is 6.07 Å². The molecule has 8 heteroatoms. The number of Topliss-reactive ketones (excluding diaryl/α,β-unsaturated/α-hetero) is 1. The van der Waals surface area contributed by atoms with Crippen molar-refractivity contribution in [3.8, 4) is 17.6 Å². The number of ketones is 1. The molecule has 1 aromatic heterocycles. The van der Waals surface area contributed by atoms with Crippen molar-refractivity contribution in [2.75, 3.05) is 26.7 Å². The topological polar surface area (TPSA) is 92.6 Å². The van der Waals surface area contributed by atoms with Crippen molar-refractivity contribution in [2.24, 2.45) is 0 Å². The van der Waals surface area contributed by atoms with Gasteiger partial charge < -0.3 is 24.6 Å². The number of phenols is 1. The average molecular weight is 517 g/mol. The summed E-state index contributed by atoms with van der Waals surface area (Å²) < 4.78 is 19.6. The van der Waals surface area contributed by atoms with Gasteiger partial charge >= 0.3 is 0 Å². The molecule has 0 amide bonds. The number of hydrogen-bond acceptors (Lipinski definition) is 6. The molecular formula is C30H33FN4O3. The third-order valence-corrected chi connectivity index (χ3v) is 6.73. The Labute approximate surface area is 222 Å². The smallest absolute Gasteiger partial charge is 0.234 e. The molecule has 2 aromatic carbocycles. The van der Waals surface area contributed by atoms with E-state index >= 15 is 0 Å². The number of carbonyl (C=O) groups is 1. The van der Waals surface area contributed by atoms with E-state index in [1.807, 2.05) is 34.2 Å². The molecule has 198 valence electrons. The number of carbonyl (C=O) groups excluding carboxylic acids is 1. The number of piperazine rings is 1. The number of nitrogens with zero attached hydrogens (tertiary/aromatic N) is 3. The largest absolute Gasteiger partial charge is 0.508 e.